The lowest BCUT2D eigenvalue weighted by molar-refractivity contribution is -0.123. The van der Waals surface area contributed by atoms with Gasteiger partial charge in [0.1, 0.15) is 5.75 Å². The van der Waals surface area contributed by atoms with Gasteiger partial charge in [-0.3, -0.25) is 4.79 Å². The van der Waals surface area contributed by atoms with Gasteiger partial charge in [0.2, 0.25) is 0 Å². The Labute approximate surface area is 174 Å². The van der Waals surface area contributed by atoms with E-state index in [2.05, 4.69) is 11.4 Å². The molecule has 0 aliphatic carbocycles. The smallest absolute Gasteiger partial charge is 0.257 e. The molecular weight excluding hydrogens is 394 g/mol. The van der Waals surface area contributed by atoms with E-state index in [9.17, 15) is 4.79 Å². The summed E-state index contributed by atoms with van der Waals surface area (Å²) in [5.74, 6) is 4.36. The van der Waals surface area contributed by atoms with Gasteiger partial charge in [0.05, 0.1) is 18.8 Å². The largest absolute Gasteiger partial charge is 0.493 e. The van der Waals surface area contributed by atoms with Gasteiger partial charge in [-0.25, -0.2) is 0 Å². The third-order valence-corrected chi connectivity index (χ3v) is 7.41. The second-order valence-electron chi connectivity index (χ2n) is 6.19. The van der Waals surface area contributed by atoms with E-state index < -0.39 is 0 Å². The first-order valence-electron chi connectivity index (χ1n) is 9.14. The molecule has 1 heterocycles. The van der Waals surface area contributed by atoms with Crippen LogP contribution in [-0.2, 0) is 11.2 Å². The summed E-state index contributed by atoms with van der Waals surface area (Å²) < 4.78 is 16.7. The summed E-state index contributed by atoms with van der Waals surface area (Å²) in [5.41, 5.74) is 2.23. The Hall–Kier alpha value is -1.99. The maximum atomic E-state index is 12.2. The number of thioether (sulfide) groups is 2. The molecule has 2 aromatic rings. The molecule has 150 valence electrons. The van der Waals surface area contributed by atoms with Crippen LogP contribution in [0.4, 0.5) is 0 Å². The van der Waals surface area contributed by atoms with Gasteiger partial charge < -0.3 is 19.5 Å². The highest BCUT2D eigenvalue weighted by Crippen LogP contribution is 2.48. The van der Waals surface area contributed by atoms with Crippen molar-refractivity contribution < 1.29 is 19.0 Å². The van der Waals surface area contributed by atoms with Gasteiger partial charge in [-0.1, -0.05) is 24.3 Å². The second-order valence-corrected chi connectivity index (χ2v) is 8.91. The minimum absolute atomic E-state index is 0.0188. The molecule has 1 fully saturated rings. The summed E-state index contributed by atoms with van der Waals surface area (Å²) in [5, 5.41) is 2.91. The lowest BCUT2D eigenvalue weighted by Crippen LogP contribution is -2.30. The molecule has 1 amide bonds. The highest BCUT2D eigenvalue weighted by Gasteiger charge is 2.21. The van der Waals surface area contributed by atoms with Gasteiger partial charge in [0.25, 0.3) is 5.91 Å². The average molecular weight is 420 g/mol. The van der Waals surface area contributed by atoms with E-state index in [0.29, 0.717) is 29.0 Å². The molecule has 0 unspecified atom stereocenters. The number of para-hydroxylation sites is 1. The SMILES string of the molecule is COc1ccc(CCNC(=O)COc2ccccc2C2SCCS2)cc1OC. The summed E-state index contributed by atoms with van der Waals surface area (Å²) >= 11 is 3.85. The van der Waals surface area contributed by atoms with Crippen LogP contribution < -0.4 is 19.5 Å². The Kier molecular flexibility index (Phi) is 7.80. The normalized spacial score (nSPS) is 13.9. The van der Waals surface area contributed by atoms with Crippen molar-refractivity contribution >= 4 is 29.4 Å². The number of carbonyl (C=O) groups excluding carboxylic acids is 1. The van der Waals surface area contributed by atoms with Crippen molar-refractivity contribution in [2.75, 3.05) is 38.9 Å². The summed E-state index contributed by atoms with van der Waals surface area (Å²) in [7, 11) is 3.22. The van der Waals surface area contributed by atoms with Crippen LogP contribution in [0, 0.1) is 0 Å². The van der Waals surface area contributed by atoms with E-state index in [-0.39, 0.29) is 12.5 Å². The number of benzene rings is 2. The Bertz CT molecular complexity index is 794. The summed E-state index contributed by atoms with van der Waals surface area (Å²) in [6.45, 7) is 0.554. The van der Waals surface area contributed by atoms with Crippen molar-refractivity contribution in [2.45, 2.75) is 11.0 Å². The zero-order valence-electron chi connectivity index (χ0n) is 16.1. The van der Waals surface area contributed by atoms with E-state index >= 15 is 0 Å². The number of amides is 1. The summed E-state index contributed by atoms with van der Waals surface area (Å²) in [6, 6.07) is 13.7. The standard InChI is InChI=1S/C21H25NO4S2/c1-24-18-8-7-15(13-19(18)25-2)9-10-22-20(23)14-26-17-6-4-3-5-16(17)21-27-11-12-28-21/h3-8,13,21H,9-12,14H2,1-2H3,(H,22,23). The van der Waals surface area contributed by atoms with Crippen LogP contribution in [0.15, 0.2) is 42.5 Å². The molecule has 0 spiro atoms. The molecule has 1 aliphatic heterocycles. The number of methoxy groups -OCH3 is 2. The molecule has 0 aromatic heterocycles. The van der Waals surface area contributed by atoms with Crippen molar-refractivity contribution in [3.8, 4) is 17.2 Å². The second kappa shape index (κ2) is 10.5. The predicted molar refractivity (Wildman–Crippen MR) is 116 cm³/mol. The van der Waals surface area contributed by atoms with Crippen molar-refractivity contribution in [1.82, 2.24) is 5.32 Å². The molecule has 0 radical (unpaired) electrons. The van der Waals surface area contributed by atoms with Crippen molar-refractivity contribution in [1.29, 1.82) is 0 Å². The lowest BCUT2D eigenvalue weighted by atomic mass is 10.1. The molecular formula is C21H25NO4S2. The number of nitrogens with one attached hydrogen (secondary N) is 1. The zero-order chi connectivity index (χ0) is 19.8. The lowest BCUT2D eigenvalue weighted by Gasteiger charge is -2.15. The van der Waals surface area contributed by atoms with Gasteiger partial charge in [0.15, 0.2) is 18.1 Å². The molecule has 0 bridgehead atoms. The third kappa shape index (κ3) is 5.52. The van der Waals surface area contributed by atoms with E-state index in [1.54, 1.807) is 14.2 Å². The molecule has 1 N–H and O–H groups in total. The zero-order valence-corrected chi connectivity index (χ0v) is 17.7. The Morgan fingerprint density at radius 1 is 1.04 bits per heavy atom. The maximum absolute atomic E-state index is 12.2. The van der Waals surface area contributed by atoms with Crippen LogP contribution in [-0.4, -0.2) is 44.8 Å². The van der Waals surface area contributed by atoms with Crippen molar-refractivity contribution in [3.63, 3.8) is 0 Å². The van der Waals surface area contributed by atoms with Gasteiger partial charge in [-0.05, 0) is 30.2 Å². The van der Waals surface area contributed by atoms with Crippen LogP contribution in [0.25, 0.3) is 0 Å². The van der Waals surface area contributed by atoms with Crippen LogP contribution in [0.5, 0.6) is 17.2 Å². The number of carbonyl (C=O) groups is 1. The van der Waals surface area contributed by atoms with Gasteiger partial charge in [0, 0.05) is 23.6 Å². The Morgan fingerprint density at radius 2 is 1.79 bits per heavy atom. The third-order valence-electron chi connectivity index (χ3n) is 4.34. The van der Waals surface area contributed by atoms with E-state index in [1.165, 1.54) is 0 Å². The van der Waals surface area contributed by atoms with Gasteiger partial charge in [-0.15, -0.1) is 23.5 Å². The number of hydrogen-bond donors (Lipinski definition) is 1. The molecule has 28 heavy (non-hydrogen) atoms. The molecule has 0 atom stereocenters. The number of ether oxygens (including phenoxy) is 3. The molecule has 1 saturated heterocycles. The first-order chi connectivity index (χ1) is 13.7. The van der Waals surface area contributed by atoms with Gasteiger partial charge in [-0.2, -0.15) is 0 Å². The van der Waals surface area contributed by atoms with Crippen LogP contribution in [0.3, 0.4) is 0 Å². The molecule has 5 nitrogen and oxygen atoms in total. The molecule has 0 saturated carbocycles. The maximum Gasteiger partial charge on any atom is 0.257 e. The van der Waals surface area contributed by atoms with Gasteiger partial charge >= 0.3 is 0 Å². The van der Waals surface area contributed by atoms with Crippen LogP contribution >= 0.6 is 23.5 Å². The Balaban J connectivity index is 1.47. The van der Waals surface area contributed by atoms with Crippen LogP contribution in [0.2, 0.25) is 0 Å². The van der Waals surface area contributed by atoms with E-state index in [4.69, 9.17) is 14.2 Å². The predicted octanol–water partition coefficient (Wildman–Crippen LogP) is 3.92. The number of rotatable bonds is 9. The number of hydrogen-bond acceptors (Lipinski definition) is 6. The highest BCUT2D eigenvalue weighted by atomic mass is 32.2. The molecule has 7 heteroatoms. The summed E-state index contributed by atoms with van der Waals surface area (Å²) in [6.07, 6.45) is 0.706. The first kappa shape index (κ1) is 20.7. The van der Waals surface area contributed by atoms with Crippen LogP contribution in [0.1, 0.15) is 15.7 Å². The molecule has 2 aromatic carbocycles. The molecule has 1 aliphatic rings. The monoisotopic (exact) mass is 419 g/mol. The quantitative estimate of drug-likeness (QED) is 0.665. The summed E-state index contributed by atoms with van der Waals surface area (Å²) in [4.78, 5) is 12.2. The molecule has 3 rings (SSSR count). The Morgan fingerprint density at radius 3 is 2.54 bits per heavy atom. The fraction of sp³-hybridized carbons (Fsp3) is 0.381. The minimum atomic E-state index is -0.123. The van der Waals surface area contributed by atoms with E-state index in [0.717, 1.165) is 28.4 Å². The highest BCUT2D eigenvalue weighted by molar-refractivity contribution is 8.19. The first-order valence-corrected chi connectivity index (χ1v) is 11.2. The average Bonchev–Trinajstić information content (AvgIpc) is 3.27. The van der Waals surface area contributed by atoms with Crippen molar-refractivity contribution in [3.05, 3.63) is 53.6 Å². The topological polar surface area (TPSA) is 56.8 Å². The fourth-order valence-corrected chi connectivity index (χ4v) is 5.83. The van der Waals surface area contributed by atoms with Crippen molar-refractivity contribution in [2.24, 2.45) is 0 Å². The fourth-order valence-electron chi connectivity index (χ4n) is 2.92. The van der Waals surface area contributed by atoms with E-state index in [1.807, 2.05) is 59.9 Å². The minimum Gasteiger partial charge on any atom is -0.493 e.